The number of para-hydroxylation sites is 3. The molecule has 0 aliphatic carbocycles. The monoisotopic (exact) mass is 576 g/mol. The molecule has 0 atom stereocenters. The van der Waals surface area contributed by atoms with Gasteiger partial charge in [0, 0.05) is 32.9 Å². The molecule has 0 amide bonds. The SMILES string of the molecule is Cc1ccc2cccc([O][Al]([O]c3cccc4ccc(C)nc34)[O]c3cccc4c3oc3ccc5ccccc5c34)c2n1. The number of rotatable bonds is 6. The van der Waals surface area contributed by atoms with Crippen molar-refractivity contribution in [1.29, 1.82) is 0 Å². The van der Waals surface area contributed by atoms with Crippen LogP contribution in [0.2, 0.25) is 0 Å². The van der Waals surface area contributed by atoms with Crippen molar-refractivity contribution < 1.29 is 15.8 Å². The lowest BCUT2D eigenvalue weighted by Crippen LogP contribution is -2.37. The highest BCUT2D eigenvalue weighted by molar-refractivity contribution is 6.40. The van der Waals surface area contributed by atoms with Crippen LogP contribution in [0, 0.1) is 13.8 Å². The smallest absolute Gasteiger partial charge is 0.576 e. The zero-order valence-electron chi connectivity index (χ0n) is 23.6. The van der Waals surface area contributed by atoms with Crippen LogP contribution < -0.4 is 11.4 Å². The molecule has 0 spiro atoms. The number of furan rings is 1. The van der Waals surface area contributed by atoms with Crippen molar-refractivity contribution in [1.82, 2.24) is 9.97 Å². The van der Waals surface area contributed by atoms with E-state index in [1.54, 1.807) is 0 Å². The Bertz CT molecular complexity index is 2240. The molecule has 0 saturated carbocycles. The first-order valence-corrected chi connectivity index (χ1v) is 15.6. The fourth-order valence-corrected chi connectivity index (χ4v) is 6.98. The molecule has 8 aromatic rings. The Morgan fingerprint density at radius 3 is 1.74 bits per heavy atom. The summed E-state index contributed by atoms with van der Waals surface area (Å²) in [6.07, 6.45) is 0. The number of aryl methyl sites for hydroxylation is 2. The van der Waals surface area contributed by atoms with Gasteiger partial charge in [-0.1, -0.05) is 78.9 Å². The highest BCUT2D eigenvalue weighted by atomic mass is 27.3. The second-order valence-electron chi connectivity index (χ2n) is 10.6. The summed E-state index contributed by atoms with van der Waals surface area (Å²) >= 11 is -3.00. The van der Waals surface area contributed by atoms with Crippen LogP contribution in [0.25, 0.3) is 54.5 Å². The van der Waals surface area contributed by atoms with Crippen molar-refractivity contribution in [3.05, 3.63) is 127 Å². The lowest BCUT2D eigenvalue weighted by Gasteiger charge is -2.18. The van der Waals surface area contributed by atoms with E-state index in [2.05, 4.69) is 24.3 Å². The fraction of sp³-hybridized carbons (Fsp3) is 0.0556. The van der Waals surface area contributed by atoms with Crippen LogP contribution in [0.1, 0.15) is 11.4 Å². The third kappa shape index (κ3) is 4.60. The first kappa shape index (κ1) is 25.6. The molecule has 0 fully saturated rings. The molecule has 0 saturated heterocycles. The summed E-state index contributed by atoms with van der Waals surface area (Å²) in [7, 11) is 0. The van der Waals surface area contributed by atoms with E-state index in [1.807, 2.05) is 105 Å². The van der Waals surface area contributed by atoms with Gasteiger partial charge in [0.1, 0.15) is 33.9 Å². The molecule has 206 valence electrons. The number of hydrogen-bond acceptors (Lipinski definition) is 6. The Morgan fingerprint density at radius 2 is 1.05 bits per heavy atom. The van der Waals surface area contributed by atoms with E-state index in [0.717, 1.165) is 60.3 Å². The standard InChI is InChI=1S/C16H10O2.2C10H9NO.Al/c17-13-7-3-6-12-15-11-5-2-1-4-10(11)8-9-14(15)18-16(12)13;2*1-7-5-6-8-3-2-4-9(12)10(8)11-7;/h1-9,17H;2*2-6,12H,1H3;/q;;;+3/p-3. The summed E-state index contributed by atoms with van der Waals surface area (Å²) in [5.74, 6) is 1.76. The highest BCUT2D eigenvalue weighted by Crippen LogP contribution is 2.39. The summed E-state index contributed by atoms with van der Waals surface area (Å²) in [4.78, 5) is 9.53. The first-order chi connectivity index (χ1) is 21.1. The van der Waals surface area contributed by atoms with E-state index in [-0.39, 0.29) is 0 Å². The zero-order valence-corrected chi connectivity index (χ0v) is 24.7. The van der Waals surface area contributed by atoms with E-state index in [9.17, 15) is 0 Å². The maximum Gasteiger partial charge on any atom is 1.20 e. The lowest BCUT2D eigenvalue weighted by atomic mass is 10.0. The number of nitrogens with zero attached hydrogens (tertiary/aromatic N) is 2. The van der Waals surface area contributed by atoms with Crippen molar-refractivity contribution in [2.45, 2.75) is 13.8 Å². The van der Waals surface area contributed by atoms with Gasteiger partial charge in [0.15, 0.2) is 5.58 Å². The summed E-state index contributed by atoms with van der Waals surface area (Å²) in [6.45, 7) is 3.93. The number of pyridine rings is 2. The molecule has 0 bridgehead atoms. The third-order valence-electron chi connectivity index (χ3n) is 7.67. The number of hydrogen-bond donors (Lipinski definition) is 0. The van der Waals surface area contributed by atoms with Gasteiger partial charge in [-0.15, -0.1) is 0 Å². The molecular formula is C36H25AlN2O4. The van der Waals surface area contributed by atoms with Gasteiger partial charge in [-0.25, -0.2) is 9.97 Å². The average molecular weight is 577 g/mol. The van der Waals surface area contributed by atoms with Crippen molar-refractivity contribution in [2.75, 3.05) is 0 Å². The summed E-state index contributed by atoms with van der Waals surface area (Å²) < 4.78 is 26.4. The van der Waals surface area contributed by atoms with Crippen molar-refractivity contribution >= 4 is 69.7 Å². The Labute approximate surface area is 252 Å². The molecule has 8 rings (SSSR count). The van der Waals surface area contributed by atoms with Crippen LogP contribution in [-0.4, -0.2) is 25.1 Å². The largest absolute Gasteiger partial charge is 1.20 e. The Hall–Kier alpha value is -5.09. The summed E-state index contributed by atoms with van der Waals surface area (Å²) in [6, 6.07) is 38.2. The molecule has 0 unspecified atom stereocenters. The summed E-state index contributed by atoms with van der Waals surface area (Å²) in [5.41, 5.74) is 4.76. The predicted octanol–water partition coefficient (Wildman–Crippen LogP) is 8.97. The Kier molecular flexibility index (Phi) is 6.15. The van der Waals surface area contributed by atoms with Gasteiger partial charge in [0.25, 0.3) is 0 Å². The first-order valence-electron chi connectivity index (χ1n) is 14.2. The van der Waals surface area contributed by atoms with E-state index in [4.69, 9.17) is 25.8 Å². The second-order valence-corrected chi connectivity index (χ2v) is 11.9. The Balaban J connectivity index is 1.26. The minimum absolute atomic E-state index is 0.559. The van der Waals surface area contributed by atoms with Gasteiger partial charge in [-0.2, -0.15) is 0 Å². The lowest BCUT2D eigenvalue weighted by molar-refractivity contribution is 0.309. The van der Waals surface area contributed by atoms with Crippen LogP contribution in [0.15, 0.2) is 120 Å². The van der Waals surface area contributed by atoms with Gasteiger partial charge in [-0.3, -0.25) is 0 Å². The maximum atomic E-state index is 6.68. The number of benzene rings is 5. The van der Waals surface area contributed by atoms with Crippen molar-refractivity contribution in [3.63, 3.8) is 0 Å². The third-order valence-corrected chi connectivity index (χ3v) is 9.00. The molecule has 0 radical (unpaired) electrons. The van der Waals surface area contributed by atoms with Gasteiger partial charge in [-0.05, 0) is 61.0 Å². The van der Waals surface area contributed by atoms with Crippen LogP contribution in [0.5, 0.6) is 17.2 Å². The predicted molar refractivity (Wildman–Crippen MR) is 172 cm³/mol. The number of fused-ring (bicyclic) bond motifs is 7. The van der Waals surface area contributed by atoms with E-state index in [0.29, 0.717) is 22.8 Å². The van der Waals surface area contributed by atoms with E-state index in [1.165, 1.54) is 0 Å². The molecule has 0 aliphatic heterocycles. The molecule has 43 heavy (non-hydrogen) atoms. The van der Waals surface area contributed by atoms with Crippen LogP contribution in [-0.2, 0) is 0 Å². The normalized spacial score (nSPS) is 11.5. The Morgan fingerprint density at radius 1 is 0.512 bits per heavy atom. The fourth-order valence-electron chi connectivity index (χ4n) is 5.64. The minimum Gasteiger partial charge on any atom is -0.576 e. The number of aromatic nitrogens is 2. The van der Waals surface area contributed by atoms with E-state index >= 15 is 0 Å². The van der Waals surface area contributed by atoms with Gasteiger partial charge in [0.2, 0.25) is 0 Å². The molecule has 5 aromatic carbocycles. The van der Waals surface area contributed by atoms with Gasteiger partial charge < -0.3 is 15.8 Å². The topological polar surface area (TPSA) is 66.6 Å². The molecule has 0 N–H and O–H groups in total. The molecule has 0 aliphatic rings. The van der Waals surface area contributed by atoms with Crippen LogP contribution in [0.4, 0.5) is 0 Å². The molecular weight excluding hydrogens is 551 g/mol. The molecule has 6 nitrogen and oxygen atoms in total. The molecule has 3 aromatic heterocycles. The highest BCUT2D eigenvalue weighted by Gasteiger charge is 2.46. The van der Waals surface area contributed by atoms with Crippen LogP contribution >= 0.6 is 0 Å². The van der Waals surface area contributed by atoms with Crippen molar-refractivity contribution in [3.8, 4) is 17.2 Å². The average Bonchev–Trinajstić information content (AvgIpc) is 3.42. The van der Waals surface area contributed by atoms with E-state index < -0.39 is 15.1 Å². The van der Waals surface area contributed by atoms with Gasteiger partial charge in [0.05, 0.1) is 0 Å². The quantitative estimate of drug-likeness (QED) is 0.184. The van der Waals surface area contributed by atoms with Crippen molar-refractivity contribution in [2.24, 2.45) is 0 Å². The minimum atomic E-state index is -3.00. The van der Waals surface area contributed by atoms with Crippen LogP contribution in [0.3, 0.4) is 0 Å². The molecule has 7 heteroatoms. The molecule has 3 heterocycles. The summed E-state index contributed by atoms with van der Waals surface area (Å²) in [5, 5.41) is 6.27. The maximum absolute atomic E-state index is 6.68. The van der Waals surface area contributed by atoms with Gasteiger partial charge >= 0.3 is 15.1 Å². The zero-order chi connectivity index (χ0) is 28.9. The second kappa shape index (κ2) is 10.3.